The predicted molar refractivity (Wildman–Crippen MR) is 68.3 cm³/mol. The molecule has 2 N–H and O–H groups in total. The van der Waals surface area contributed by atoms with E-state index in [0.29, 0.717) is 18.0 Å². The van der Waals surface area contributed by atoms with Crippen LogP contribution in [0.5, 0.6) is 5.75 Å². The molecule has 0 heterocycles. The fourth-order valence-electron chi connectivity index (χ4n) is 1.45. The molecule has 4 heteroatoms. The van der Waals surface area contributed by atoms with Crippen molar-refractivity contribution in [3.8, 4) is 5.75 Å². The van der Waals surface area contributed by atoms with E-state index in [9.17, 15) is 8.78 Å². The van der Waals surface area contributed by atoms with Gasteiger partial charge in [-0.25, -0.2) is 8.78 Å². The van der Waals surface area contributed by atoms with Gasteiger partial charge in [0, 0.05) is 13.1 Å². The average molecular weight is 257 g/mol. The summed E-state index contributed by atoms with van der Waals surface area (Å²) in [5.74, 6) is -2.25. The maximum Gasteiger partial charge on any atom is 0.187 e. The van der Waals surface area contributed by atoms with Crippen LogP contribution in [-0.2, 0) is 6.54 Å². The monoisotopic (exact) mass is 257 g/mol. The molecule has 0 radical (unpaired) electrons. The summed E-state index contributed by atoms with van der Waals surface area (Å²) in [5.41, 5.74) is 0.607. The maximum absolute atomic E-state index is 13.1. The molecule has 0 aliphatic carbocycles. The molecular weight excluding hydrogens is 236 g/mol. The van der Waals surface area contributed by atoms with Gasteiger partial charge in [0.15, 0.2) is 17.4 Å². The van der Waals surface area contributed by atoms with E-state index < -0.39 is 17.4 Å². The van der Waals surface area contributed by atoms with Gasteiger partial charge in [0.25, 0.3) is 0 Å². The minimum Gasteiger partial charge on any atom is -0.503 e. The molecule has 102 valence electrons. The van der Waals surface area contributed by atoms with Gasteiger partial charge < -0.3 is 10.4 Å². The minimum absolute atomic E-state index is 0.119. The van der Waals surface area contributed by atoms with Crippen molar-refractivity contribution in [2.75, 3.05) is 6.54 Å². The first kappa shape index (κ1) is 14.9. The molecular formula is C14H21F2NO. The van der Waals surface area contributed by atoms with E-state index in [4.69, 9.17) is 5.11 Å². The second kappa shape index (κ2) is 5.65. The molecule has 0 aromatic heterocycles. The first-order chi connectivity index (χ1) is 8.24. The van der Waals surface area contributed by atoms with Crippen molar-refractivity contribution in [1.29, 1.82) is 0 Å². The van der Waals surface area contributed by atoms with E-state index in [1.54, 1.807) is 0 Å². The van der Waals surface area contributed by atoms with E-state index in [0.717, 1.165) is 18.7 Å². The van der Waals surface area contributed by atoms with Crippen LogP contribution in [0.3, 0.4) is 0 Å². The number of hydrogen-bond acceptors (Lipinski definition) is 2. The fourth-order valence-corrected chi connectivity index (χ4v) is 1.45. The third kappa shape index (κ3) is 3.67. The second-order valence-electron chi connectivity index (χ2n) is 5.65. The number of phenolic OH excluding ortho intramolecular Hbond substituents is 1. The molecule has 0 saturated carbocycles. The third-order valence-corrected chi connectivity index (χ3v) is 3.55. The predicted octanol–water partition coefficient (Wildman–Crippen LogP) is 3.44. The van der Waals surface area contributed by atoms with Gasteiger partial charge in [0.05, 0.1) is 0 Å². The third-order valence-electron chi connectivity index (χ3n) is 3.55. The van der Waals surface area contributed by atoms with Gasteiger partial charge in [0.1, 0.15) is 0 Å². The Kier molecular flexibility index (Phi) is 4.68. The molecule has 0 unspecified atom stereocenters. The van der Waals surface area contributed by atoms with Crippen molar-refractivity contribution in [3.63, 3.8) is 0 Å². The van der Waals surface area contributed by atoms with E-state index in [-0.39, 0.29) is 5.41 Å². The smallest absolute Gasteiger partial charge is 0.187 e. The van der Waals surface area contributed by atoms with E-state index >= 15 is 0 Å². The largest absolute Gasteiger partial charge is 0.503 e. The number of halogens is 2. The highest BCUT2D eigenvalue weighted by Crippen LogP contribution is 2.25. The van der Waals surface area contributed by atoms with Crippen molar-refractivity contribution in [3.05, 3.63) is 29.3 Å². The summed E-state index contributed by atoms with van der Waals surface area (Å²) in [6.45, 7) is 9.70. The van der Waals surface area contributed by atoms with Gasteiger partial charge in [-0.1, -0.05) is 27.7 Å². The zero-order chi connectivity index (χ0) is 13.9. The second-order valence-corrected chi connectivity index (χ2v) is 5.65. The van der Waals surface area contributed by atoms with Crippen LogP contribution in [-0.4, -0.2) is 11.7 Å². The molecule has 0 amide bonds. The van der Waals surface area contributed by atoms with Crippen molar-refractivity contribution in [2.24, 2.45) is 11.3 Å². The molecule has 0 aliphatic heterocycles. The Morgan fingerprint density at radius 2 is 1.72 bits per heavy atom. The summed E-state index contributed by atoms with van der Waals surface area (Å²) in [5, 5.41) is 12.2. The van der Waals surface area contributed by atoms with Crippen LogP contribution >= 0.6 is 0 Å². The summed E-state index contributed by atoms with van der Waals surface area (Å²) >= 11 is 0. The SMILES string of the molecule is CC(C)C(C)(C)CNCc1cc(F)c(O)c(F)c1. The van der Waals surface area contributed by atoms with E-state index in [1.807, 2.05) is 0 Å². The Morgan fingerprint density at radius 1 is 1.22 bits per heavy atom. The van der Waals surface area contributed by atoms with Gasteiger partial charge in [-0.05, 0) is 29.0 Å². The summed E-state index contributed by atoms with van der Waals surface area (Å²) in [6.07, 6.45) is 0. The van der Waals surface area contributed by atoms with Crippen LogP contribution in [0.25, 0.3) is 0 Å². The summed E-state index contributed by atoms with van der Waals surface area (Å²) in [6, 6.07) is 2.29. The molecule has 1 aromatic carbocycles. The summed E-state index contributed by atoms with van der Waals surface area (Å²) < 4.78 is 26.2. The number of rotatable bonds is 5. The van der Waals surface area contributed by atoms with Crippen LogP contribution in [0, 0.1) is 23.0 Å². The van der Waals surface area contributed by atoms with Gasteiger partial charge in [-0.15, -0.1) is 0 Å². The molecule has 18 heavy (non-hydrogen) atoms. The molecule has 0 fully saturated rings. The van der Waals surface area contributed by atoms with Crippen LogP contribution in [0.4, 0.5) is 8.78 Å². The topological polar surface area (TPSA) is 32.3 Å². The molecule has 1 aromatic rings. The maximum atomic E-state index is 13.1. The molecule has 1 rings (SSSR count). The Morgan fingerprint density at radius 3 is 2.17 bits per heavy atom. The van der Waals surface area contributed by atoms with Crippen LogP contribution in [0.2, 0.25) is 0 Å². The van der Waals surface area contributed by atoms with Crippen LogP contribution < -0.4 is 5.32 Å². The number of aromatic hydroxyl groups is 1. The molecule has 0 aliphatic rings. The van der Waals surface area contributed by atoms with Crippen LogP contribution in [0.15, 0.2) is 12.1 Å². The van der Waals surface area contributed by atoms with Crippen LogP contribution in [0.1, 0.15) is 33.3 Å². The molecule has 0 bridgehead atoms. The van der Waals surface area contributed by atoms with Crippen molar-refractivity contribution in [2.45, 2.75) is 34.2 Å². The number of nitrogens with one attached hydrogen (secondary N) is 1. The highest BCUT2D eigenvalue weighted by molar-refractivity contribution is 5.29. The lowest BCUT2D eigenvalue weighted by Gasteiger charge is -2.29. The van der Waals surface area contributed by atoms with Crippen molar-refractivity contribution in [1.82, 2.24) is 5.32 Å². The first-order valence-corrected chi connectivity index (χ1v) is 6.11. The van der Waals surface area contributed by atoms with Gasteiger partial charge >= 0.3 is 0 Å². The van der Waals surface area contributed by atoms with Gasteiger partial charge in [-0.3, -0.25) is 0 Å². The number of benzene rings is 1. The Labute approximate surface area is 107 Å². The van der Waals surface area contributed by atoms with Crippen molar-refractivity contribution >= 4 is 0 Å². The Hall–Kier alpha value is -1.16. The lowest BCUT2D eigenvalue weighted by atomic mass is 9.81. The highest BCUT2D eigenvalue weighted by atomic mass is 19.1. The fraction of sp³-hybridized carbons (Fsp3) is 0.571. The standard InChI is InChI=1S/C14H21F2NO/c1-9(2)14(3,4)8-17-7-10-5-11(15)13(18)12(16)6-10/h5-6,9,17-18H,7-8H2,1-4H3. The number of phenols is 1. The zero-order valence-electron chi connectivity index (χ0n) is 11.3. The first-order valence-electron chi connectivity index (χ1n) is 6.11. The summed E-state index contributed by atoms with van der Waals surface area (Å²) in [4.78, 5) is 0. The Balaban J connectivity index is 2.60. The van der Waals surface area contributed by atoms with Crippen molar-refractivity contribution < 1.29 is 13.9 Å². The normalized spacial score (nSPS) is 12.2. The van der Waals surface area contributed by atoms with E-state index in [1.165, 1.54) is 0 Å². The number of hydrogen-bond donors (Lipinski definition) is 2. The van der Waals surface area contributed by atoms with Gasteiger partial charge in [0.2, 0.25) is 0 Å². The molecule has 0 atom stereocenters. The molecule has 0 saturated heterocycles. The molecule has 2 nitrogen and oxygen atoms in total. The zero-order valence-corrected chi connectivity index (χ0v) is 11.3. The highest BCUT2D eigenvalue weighted by Gasteiger charge is 2.21. The minimum atomic E-state index is -0.921. The quantitative estimate of drug-likeness (QED) is 0.847. The molecule has 0 spiro atoms. The summed E-state index contributed by atoms with van der Waals surface area (Å²) in [7, 11) is 0. The van der Waals surface area contributed by atoms with E-state index in [2.05, 4.69) is 33.0 Å². The lowest BCUT2D eigenvalue weighted by Crippen LogP contribution is -2.33. The average Bonchev–Trinajstić information content (AvgIpc) is 2.25. The van der Waals surface area contributed by atoms with Gasteiger partial charge in [-0.2, -0.15) is 0 Å². The Bertz CT molecular complexity index is 393. The lowest BCUT2D eigenvalue weighted by molar-refractivity contribution is 0.238.